The SMILES string of the molecule is Cc1cc(OC(C)C)nc(NCc2ncc(C)o2)n1. The molecule has 2 aromatic rings. The van der Waals surface area contributed by atoms with Gasteiger partial charge in [0, 0.05) is 11.8 Å². The Morgan fingerprint density at radius 1 is 1.32 bits per heavy atom. The number of rotatable bonds is 5. The standard InChI is InChI=1S/C13H18N4O2/c1-8(2)18-11-5-9(3)16-13(17-11)15-7-12-14-6-10(4)19-12/h5-6,8H,7H2,1-4H3,(H,15,16,17). The fourth-order valence-electron chi connectivity index (χ4n) is 1.56. The number of aryl methyl sites for hydroxylation is 2. The van der Waals surface area contributed by atoms with Crippen molar-refractivity contribution in [2.75, 3.05) is 5.32 Å². The first-order valence-electron chi connectivity index (χ1n) is 6.20. The van der Waals surface area contributed by atoms with Crippen molar-refractivity contribution < 1.29 is 9.15 Å². The molecule has 0 aliphatic rings. The monoisotopic (exact) mass is 262 g/mol. The summed E-state index contributed by atoms with van der Waals surface area (Å²) in [6.07, 6.45) is 1.76. The molecule has 0 aliphatic carbocycles. The fourth-order valence-corrected chi connectivity index (χ4v) is 1.56. The number of aromatic nitrogens is 3. The predicted molar refractivity (Wildman–Crippen MR) is 71.1 cm³/mol. The zero-order valence-electron chi connectivity index (χ0n) is 11.6. The average Bonchev–Trinajstić information content (AvgIpc) is 2.71. The minimum Gasteiger partial charge on any atom is -0.475 e. The largest absolute Gasteiger partial charge is 0.475 e. The quantitative estimate of drug-likeness (QED) is 0.892. The first kappa shape index (κ1) is 13.3. The Morgan fingerprint density at radius 2 is 2.11 bits per heavy atom. The molecule has 102 valence electrons. The number of hydrogen-bond donors (Lipinski definition) is 1. The van der Waals surface area contributed by atoms with Gasteiger partial charge in [0.2, 0.25) is 17.7 Å². The lowest BCUT2D eigenvalue weighted by atomic mass is 10.4. The smallest absolute Gasteiger partial charge is 0.226 e. The molecule has 2 rings (SSSR count). The predicted octanol–water partition coefficient (Wildman–Crippen LogP) is 2.48. The van der Waals surface area contributed by atoms with E-state index in [0.29, 0.717) is 24.3 Å². The molecule has 19 heavy (non-hydrogen) atoms. The summed E-state index contributed by atoms with van der Waals surface area (Å²) < 4.78 is 10.9. The molecule has 0 spiro atoms. The van der Waals surface area contributed by atoms with Crippen molar-refractivity contribution in [3.8, 4) is 5.88 Å². The van der Waals surface area contributed by atoms with Crippen molar-refractivity contribution in [2.45, 2.75) is 40.3 Å². The third kappa shape index (κ3) is 3.94. The lowest BCUT2D eigenvalue weighted by Crippen LogP contribution is -2.10. The van der Waals surface area contributed by atoms with Gasteiger partial charge in [-0.05, 0) is 27.7 Å². The molecule has 2 aromatic heterocycles. The highest BCUT2D eigenvalue weighted by Crippen LogP contribution is 2.14. The van der Waals surface area contributed by atoms with Gasteiger partial charge in [0.15, 0.2) is 0 Å². The molecule has 6 nitrogen and oxygen atoms in total. The molecule has 0 radical (unpaired) electrons. The molecule has 0 saturated carbocycles. The summed E-state index contributed by atoms with van der Waals surface area (Å²) in [5.74, 6) is 2.46. The van der Waals surface area contributed by atoms with Gasteiger partial charge >= 0.3 is 0 Å². The van der Waals surface area contributed by atoms with Crippen LogP contribution in [0.5, 0.6) is 5.88 Å². The summed E-state index contributed by atoms with van der Waals surface area (Å²) in [5.41, 5.74) is 0.844. The van der Waals surface area contributed by atoms with Crippen molar-refractivity contribution in [3.05, 3.63) is 29.6 Å². The summed E-state index contributed by atoms with van der Waals surface area (Å²) in [7, 11) is 0. The van der Waals surface area contributed by atoms with Gasteiger partial charge in [-0.1, -0.05) is 0 Å². The van der Waals surface area contributed by atoms with Gasteiger partial charge < -0.3 is 14.5 Å². The van der Waals surface area contributed by atoms with Crippen LogP contribution in [0.25, 0.3) is 0 Å². The normalized spacial score (nSPS) is 10.8. The Kier molecular flexibility index (Phi) is 3.99. The third-order valence-corrected chi connectivity index (χ3v) is 2.25. The van der Waals surface area contributed by atoms with E-state index in [-0.39, 0.29) is 6.10 Å². The summed E-state index contributed by atoms with van der Waals surface area (Å²) >= 11 is 0. The van der Waals surface area contributed by atoms with E-state index in [1.807, 2.05) is 27.7 Å². The van der Waals surface area contributed by atoms with Crippen LogP contribution in [-0.4, -0.2) is 21.1 Å². The number of nitrogens with one attached hydrogen (secondary N) is 1. The summed E-state index contributed by atoms with van der Waals surface area (Å²) in [5, 5.41) is 3.07. The topological polar surface area (TPSA) is 73.1 Å². The molecule has 0 bridgehead atoms. The van der Waals surface area contributed by atoms with Crippen LogP contribution in [0.1, 0.15) is 31.2 Å². The summed E-state index contributed by atoms with van der Waals surface area (Å²) in [6.45, 7) is 8.11. The average molecular weight is 262 g/mol. The zero-order valence-corrected chi connectivity index (χ0v) is 11.6. The van der Waals surface area contributed by atoms with Crippen LogP contribution in [0, 0.1) is 13.8 Å². The Bertz CT molecular complexity index is 551. The number of nitrogens with zero attached hydrogens (tertiary/aromatic N) is 3. The van der Waals surface area contributed by atoms with Gasteiger partial charge in [0.05, 0.1) is 18.8 Å². The number of ether oxygens (including phenoxy) is 1. The first-order valence-corrected chi connectivity index (χ1v) is 6.20. The lowest BCUT2D eigenvalue weighted by molar-refractivity contribution is 0.232. The Labute approximate surface area is 112 Å². The molecular formula is C13H18N4O2. The van der Waals surface area contributed by atoms with Gasteiger partial charge in [0.25, 0.3) is 0 Å². The van der Waals surface area contributed by atoms with Crippen LogP contribution < -0.4 is 10.1 Å². The van der Waals surface area contributed by atoms with E-state index in [1.54, 1.807) is 12.3 Å². The highest BCUT2D eigenvalue weighted by molar-refractivity contribution is 5.30. The molecular weight excluding hydrogens is 244 g/mol. The minimum atomic E-state index is 0.0801. The Morgan fingerprint density at radius 3 is 2.74 bits per heavy atom. The molecule has 0 unspecified atom stereocenters. The highest BCUT2D eigenvalue weighted by Gasteiger charge is 2.06. The van der Waals surface area contributed by atoms with E-state index < -0.39 is 0 Å². The van der Waals surface area contributed by atoms with Crippen LogP contribution in [0.3, 0.4) is 0 Å². The number of anilines is 1. The van der Waals surface area contributed by atoms with Gasteiger partial charge in [-0.2, -0.15) is 4.98 Å². The second-order valence-corrected chi connectivity index (χ2v) is 4.56. The number of hydrogen-bond acceptors (Lipinski definition) is 6. The van der Waals surface area contributed by atoms with Crippen molar-refractivity contribution in [3.63, 3.8) is 0 Å². The van der Waals surface area contributed by atoms with Gasteiger partial charge in [-0.3, -0.25) is 0 Å². The van der Waals surface area contributed by atoms with E-state index in [2.05, 4.69) is 20.3 Å². The van der Waals surface area contributed by atoms with Gasteiger partial charge in [0.1, 0.15) is 5.76 Å². The van der Waals surface area contributed by atoms with E-state index in [4.69, 9.17) is 9.15 Å². The molecule has 1 N–H and O–H groups in total. The fraction of sp³-hybridized carbons (Fsp3) is 0.462. The molecule has 6 heteroatoms. The van der Waals surface area contributed by atoms with E-state index in [1.165, 1.54) is 0 Å². The minimum absolute atomic E-state index is 0.0801. The van der Waals surface area contributed by atoms with E-state index in [9.17, 15) is 0 Å². The van der Waals surface area contributed by atoms with Crippen molar-refractivity contribution in [1.82, 2.24) is 15.0 Å². The van der Waals surface area contributed by atoms with Crippen molar-refractivity contribution >= 4 is 5.95 Å². The van der Waals surface area contributed by atoms with E-state index >= 15 is 0 Å². The van der Waals surface area contributed by atoms with Crippen molar-refractivity contribution in [1.29, 1.82) is 0 Å². The molecule has 0 saturated heterocycles. The molecule has 0 aromatic carbocycles. The van der Waals surface area contributed by atoms with E-state index in [0.717, 1.165) is 11.5 Å². The van der Waals surface area contributed by atoms with Gasteiger partial charge in [-0.25, -0.2) is 9.97 Å². The third-order valence-electron chi connectivity index (χ3n) is 2.25. The van der Waals surface area contributed by atoms with Gasteiger partial charge in [-0.15, -0.1) is 0 Å². The first-order chi connectivity index (χ1) is 9.02. The lowest BCUT2D eigenvalue weighted by Gasteiger charge is -2.10. The number of oxazole rings is 1. The van der Waals surface area contributed by atoms with Crippen LogP contribution >= 0.6 is 0 Å². The molecule has 0 fully saturated rings. The maximum absolute atomic E-state index is 5.56. The second kappa shape index (κ2) is 5.69. The van der Waals surface area contributed by atoms with Crippen molar-refractivity contribution in [2.24, 2.45) is 0 Å². The second-order valence-electron chi connectivity index (χ2n) is 4.56. The van der Waals surface area contributed by atoms with Crippen LogP contribution in [0.4, 0.5) is 5.95 Å². The van der Waals surface area contributed by atoms with Crippen LogP contribution in [-0.2, 0) is 6.54 Å². The zero-order chi connectivity index (χ0) is 13.8. The Balaban J connectivity index is 2.05. The maximum Gasteiger partial charge on any atom is 0.226 e. The Hall–Kier alpha value is -2.11. The van der Waals surface area contributed by atoms with Crippen LogP contribution in [0.2, 0.25) is 0 Å². The molecule has 0 aliphatic heterocycles. The molecule has 2 heterocycles. The molecule has 0 atom stereocenters. The highest BCUT2D eigenvalue weighted by atomic mass is 16.5. The summed E-state index contributed by atoms with van der Waals surface area (Å²) in [6, 6.07) is 1.81. The van der Waals surface area contributed by atoms with Crippen LogP contribution in [0.15, 0.2) is 16.7 Å². The summed E-state index contributed by atoms with van der Waals surface area (Å²) in [4.78, 5) is 12.7. The maximum atomic E-state index is 5.56. The molecule has 0 amide bonds.